The SMILES string of the molecule is CCCCC(C)NC(=O)Nc1cc(C(=O)O)ccc1Br. The largest absolute Gasteiger partial charge is 0.478 e. The zero-order valence-electron chi connectivity index (χ0n) is 11.6. The van der Waals surface area contributed by atoms with Crippen molar-refractivity contribution in [2.24, 2.45) is 0 Å². The van der Waals surface area contributed by atoms with Crippen LogP contribution in [0.5, 0.6) is 0 Å². The normalized spacial score (nSPS) is 11.8. The molecule has 0 aliphatic heterocycles. The van der Waals surface area contributed by atoms with Crippen molar-refractivity contribution in [1.29, 1.82) is 0 Å². The molecular formula is C14H19BrN2O3. The zero-order valence-corrected chi connectivity index (χ0v) is 13.2. The second-order valence-corrected chi connectivity index (χ2v) is 5.50. The highest BCUT2D eigenvalue weighted by Crippen LogP contribution is 2.23. The summed E-state index contributed by atoms with van der Waals surface area (Å²) in [6.45, 7) is 4.04. The highest BCUT2D eigenvalue weighted by molar-refractivity contribution is 9.10. The summed E-state index contributed by atoms with van der Waals surface area (Å²) < 4.78 is 0.638. The Morgan fingerprint density at radius 1 is 1.40 bits per heavy atom. The minimum absolute atomic E-state index is 0.0800. The lowest BCUT2D eigenvalue weighted by molar-refractivity contribution is 0.0697. The minimum atomic E-state index is -1.03. The molecular weight excluding hydrogens is 324 g/mol. The molecule has 0 bridgehead atoms. The molecule has 20 heavy (non-hydrogen) atoms. The third kappa shape index (κ3) is 5.21. The third-order valence-corrected chi connectivity index (χ3v) is 3.52. The van der Waals surface area contributed by atoms with E-state index < -0.39 is 5.97 Å². The van der Waals surface area contributed by atoms with Gasteiger partial charge in [0, 0.05) is 10.5 Å². The number of rotatable bonds is 6. The molecule has 2 amide bonds. The summed E-state index contributed by atoms with van der Waals surface area (Å²) >= 11 is 3.28. The van der Waals surface area contributed by atoms with Gasteiger partial charge in [0.25, 0.3) is 0 Å². The van der Waals surface area contributed by atoms with Crippen LogP contribution in [0.2, 0.25) is 0 Å². The number of carbonyl (C=O) groups excluding carboxylic acids is 1. The van der Waals surface area contributed by atoms with Gasteiger partial charge in [0.15, 0.2) is 0 Å². The van der Waals surface area contributed by atoms with E-state index in [1.165, 1.54) is 12.1 Å². The first-order chi connectivity index (χ1) is 9.43. The Balaban J connectivity index is 2.65. The average molecular weight is 343 g/mol. The molecule has 0 heterocycles. The molecule has 3 N–H and O–H groups in total. The van der Waals surface area contributed by atoms with Crippen molar-refractivity contribution in [3.05, 3.63) is 28.2 Å². The fourth-order valence-corrected chi connectivity index (χ4v) is 2.06. The molecule has 5 nitrogen and oxygen atoms in total. The van der Waals surface area contributed by atoms with E-state index in [4.69, 9.17) is 5.11 Å². The van der Waals surface area contributed by atoms with E-state index in [0.29, 0.717) is 10.2 Å². The average Bonchev–Trinajstić information content (AvgIpc) is 2.38. The van der Waals surface area contributed by atoms with Gasteiger partial charge in [0.1, 0.15) is 0 Å². The molecule has 6 heteroatoms. The number of hydrogen-bond donors (Lipinski definition) is 3. The van der Waals surface area contributed by atoms with Gasteiger partial charge in [0.05, 0.1) is 11.3 Å². The Kier molecular flexibility index (Phi) is 6.51. The fourth-order valence-electron chi connectivity index (χ4n) is 1.72. The highest BCUT2D eigenvalue weighted by Gasteiger charge is 2.11. The number of nitrogens with one attached hydrogen (secondary N) is 2. The van der Waals surface area contributed by atoms with Crippen LogP contribution in [-0.2, 0) is 0 Å². The van der Waals surface area contributed by atoms with Crippen molar-refractivity contribution >= 4 is 33.6 Å². The van der Waals surface area contributed by atoms with Crippen molar-refractivity contribution in [1.82, 2.24) is 5.32 Å². The predicted molar refractivity (Wildman–Crippen MR) is 82.2 cm³/mol. The maximum atomic E-state index is 11.8. The molecule has 1 aromatic rings. The lowest BCUT2D eigenvalue weighted by Gasteiger charge is -2.15. The van der Waals surface area contributed by atoms with Crippen molar-refractivity contribution < 1.29 is 14.7 Å². The van der Waals surface area contributed by atoms with E-state index in [2.05, 4.69) is 33.5 Å². The van der Waals surface area contributed by atoms with E-state index >= 15 is 0 Å². The lowest BCUT2D eigenvalue weighted by Crippen LogP contribution is -2.36. The second kappa shape index (κ2) is 7.89. The smallest absolute Gasteiger partial charge is 0.335 e. The summed E-state index contributed by atoms with van der Waals surface area (Å²) in [5.41, 5.74) is 0.563. The molecule has 0 saturated carbocycles. The van der Waals surface area contributed by atoms with Crippen LogP contribution in [0.15, 0.2) is 22.7 Å². The maximum Gasteiger partial charge on any atom is 0.335 e. The molecule has 1 rings (SSSR count). The number of urea groups is 1. The van der Waals surface area contributed by atoms with Crippen LogP contribution < -0.4 is 10.6 Å². The van der Waals surface area contributed by atoms with Crippen molar-refractivity contribution in [3.8, 4) is 0 Å². The number of carboxylic acids is 1. The van der Waals surface area contributed by atoms with Gasteiger partial charge in [-0.3, -0.25) is 0 Å². The quantitative estimate of drug-likeness (QED) is 0.734. The van der Waals surface area contributed by atoms with Crippen LogP contribution in [-0.4, -0.2) is 23.1 Å². The fraction of sp³-hybridized carbons (Fsp3) is 0.429. The van der Waals surface area contributed by atoms with Gasteiger partial charge in [0.2, 0.25) is 0 Å². The number of anilines is 1. The molecule has 0 radical (unpaired) electrons. The molecule has 0 aliphatic carbocycles. The molecule has 0 saturated heterocycles. The first-order valence-electron chi connectivity index (χ1n) is 6.54. The van der Waals surface area contributed by atoms with Crippen LogP contribution in [0.25, 0.3) is 0 Å². The number of carboxylic acid groups (broad SMARTS) is 1. The minimum Gasteiger partial charge on any atom is -0.478 e. The summed E-state index contributed by atoms with van der Waals surface area (Å²) in [5, 5.41) is 14.4. The number of benzene rings is 1. The Hall–Kier alpha value is -1.56. The van der Waals surface area contributed by atoms with Gasteiger partial charge in [-0.15, -0.1) is 0 Å². The summed E-state index contributed by atoms with van der Waals surface area (Å²) in [6, 6.07) is 4.23. The topological polar surface area (TPSA) is 78.4 Å². The van der Waals surface area contributed by atoms with Gasteiger partial charge < -0.3 is 15.7 Å². The summed E-state index contributed by atoms with van der Waals surface area (Å²) in [5.74, 6) is -1.03. The molecule has 1 atom stereocenters. The number of aromatic carboxylic acids is 1. The van der Waals surface area contributed by atoms with Crippen molar-refractivity contribution in [2.75, 3.05) is 5.32 Å². The Bertz CT molecular complexity index is 491. The van der Waals surface area contributed by atoms with Gasteiger partial charge >= 0.3 is 12.0 Å². The maximum absolute atomic E-state index is 11.8. The van der Waals surface area contributed by atoms with Crippen LogP contribution in [0.3, 0.4) is 0 Å². The van der Waals surface area contributed by atoms with Gasteiger partial charge in [-0.2, -0.15) is 0 Å². The van der Waals surface area contributed by atoms with Crippen molar-refractivity contribution in [3.63, 3.8) is 0 Å². The highest BCUT2D eigenvalue weighted by atomic mass is 79.9. The lowest BCUT2D eigenvalue weighted by atomic mass is 10.1. The Morgan fingerprint density at radius 3 is 2.70 bits per heavy atom. The Morgan fingerprint density at radius 2 is 2.10 bits per heavy atom. The molecule has 0 aromatic heterocycles. The van der Waals surface area contributed by atoms with E-state index in [9.17, 15) is 9.59 Å². The number of hydrogen-bond acceptors (Lipinski definition) is 2. The molecule has 1 unspecified atom stereocenters. The van der Waals surface area contributed by atoms with Gasteiger partial charge in [-0.25, -0.2) is 9.59 Å². The Labute approximate surface area is 126 Å². The van der Waals surface area contributed by atoms with E-state index in [1.54, 1.807) is 6.07 Å². The number of amides is 2. The number of carbonyl (C=O) groups is 2. The second-order valence-electron chi connectivity index (χ2n) is 4.64. The van der Waals surface area contributed by atoms with Crippen molar-refractivity contribution in [2.45, 2.75) is 39.2 Å². The summed E-state index contributed by atoms with van der Waals surface area (Å²) in [6.07, 6.45) is 3.06. The third-order valence-electron chi connectivity index (χ3n) is 2.83. The molecule has 0 fully saturated rings. The van der Waals surface area contributed by atoms with Crippen LogP contribution in [0, 0.1) is 0 Å². The van der Waals surface area contributed by atoms with Gasteiger partial charge in [-0.1, -0.05) is 19.8 Å². The summed E-state index contributed by atoms with van der Waals surface area (Å²) in [4.78, 5) is 22.7. The monoisotopic (exact) mass is 342 g/mol. The first kappa shape index (κ1) is 16.5. The number of halogens is 1. The van der Waals surface area contributed by atoms with E-state index in [0.717, 1.165) is 19.3 Å². The first-order valence-corrected chi connectivity index (χ1v) is 7.33. The van der Waals surface area contributed by atoms with Crippen LogP contribution in [0.1, 0.15) is 43.5 Å². The molecule has 110 valence electrons. The molecule has 0 aliphatic rings. The zero-order chi connectivity index (χ0) is 15.1. The standard InChI is InChI=1S/C14H19BrN2O3/c1-3-4-5-9(2)16-14(20)17-12-8-10(13(18)19)6-7-11(12)15/h6-9H,3-5H2,1-2H3,(H,18,19)(H2,16,17,20). The van der Waals surface area contributed by atoms with Crippen LogP contribution >= 0.6 is 15.9 Å². The summed E-state index contributed by atoms with van der Waals surface area (Å²) in [7, 11) is 0. The number of unbranched alkanes of at least 4 members (excludes halogenated alkanes) is 1. The predicted octanol–water partition coefficient (Wildman–Crippen LogP) is 3.85. The molecule has 0 spiro atoms. The van der Waals surface area contributed by atoms with E-state index in [1.807, 2.05) is 6.92 Å². The van der Waals surface area contributed by atoms with Crippen LogP contribution in [0.4, 0.5) is 10.5 Å². The molecule has 1 aromatic carbocycles. The van der Waals surface area contributed by atoms with Gasteiger partial charge in [-0.05, 0) is 47.5 Å². The van der Waals surface area contributed by atoms with E-state index in [-0.39, 0.29) is 17.6 Å².